The summed E-state index contributed by atoms with van der Waals surface area (Å²) in [5, 5.41) is 7.29. The Hall–Kier alpha value is -3.93. The molecule has 0 spiro atoms. The number of nitrogens with one attached hydrogen (secondary N) is 1. The van der Waals surface area contributed by atoms with Crippen molar-refractivity contribution in [2.24, 2.45) is 0 Å². The number of amides is 1. The van der Waals surface area contributed by atoms with Crippen molar-refractivity contribution in [1.82, 2.24) is 14.8 Å². The monoisotopic (exact) mass is 384 g/mol. The molecule has 0 saturated heterocycles. The van der Waals surface area contributed by atoms with Gasteiger partial charge in [0.1, 0.15) is 11.5 Å². The first-order valence-corrected chi connectivity index (χ1v) is 9.25. The van der Waals surface area contributed by atoms with Crippen LogP contribution >= 0.6 is 0 Å². The van der Waals surface area contributed by atoms with Crippen LogP contribution < -0.4 is 10.1 Å². The van der Waals surface area contributed by atoms with Gasteiger partial charge in [0, 0.05) is 35.8 Å². The summed E-state index contributed by atoms with van der Waals surface area (Å²) in [6.07, 6.45) is 5.09. The van der Waals surface area contributed by atoms with Gasteiger partial charge < -0.3 is 10.1 Å². The molecule has 4 aromatic rings. The first-order valence-electron chi connectivity index (χ1n) is 9.25. The van der Waals surface area contributed by atoms with E-state index in [1.54, 1.807) is 29.2 Å². The van der Waals surface area contributed by atoms with Gasteiger partial charge in [0.05, 0.1) is 6.54 Å². The largest absolute Gasteiger partial charge is 0.457 e. The lowest BCUT2D eigenvalue weighted by Gasteiger charge is -2.11. The molecule has 0 unspecified atom stereocenters. The van der Waals surface area contributed by atoms with E-state index < -0.39 is 0 Å². The highest BCUT2D eigenvalue weighted by atomic mass is 16.5. The molecule has 144 valence electrons. The van der Waals surface area contributed by atoms with Gasteiger partial charge in [0.2, 0.25) is 0 Å². The number of para-hydroxylation sites is 2. The van der Waals surface area contributed by atoms with E-state index >= 15 is 0 Å². The van der Waals surface area contributed by atoms with Crippen molar-refractivity contribution in [3.8, 4) is 11.5 Å². The van der Waals surface area contributed by atoms with Crippen LogP contribution in [0.1, 0.15) is 21.5 Å². The second-order valence-corrected chi connectivity index (χ2v) is 6.57. The molecule has 0 aliphatic rings. The molecule has 0 fully saturated rings. The summed E-state index contributed by atoms with van der Waals surface area (Å²) in [5.41, 5.74) is 2.38. The molecule has 0 aliphatic heterocycles. The molecule has 4 rings (SSSR count). The standard InChI is InChI=1S/C23H20N4O2/c1-17-15-24-13-11-20(17)23(28)25-22-12-14-27(26-22)16-18-7-5-6-10-21(18)29-19-8-3-2-4-9-19/h2-15H,16H2,1H3,(H,25,26,28). The highest BCUT2D eigenvalue weighted by Crippen LogP contribution is 2.25. The van der Waals surface area contributed by atoms with Crippen molar-refractivity contribution < 1.29 is 9.53 Å². The van der Waals surface area contributed by atoms with Crippen LogP contribution in [0.25, 0.3) is 0 Å². The van der Waals surface area contributed by atoms with Crippen molar-refractivity contribution >= 4 is 11.7 Å². The van der Waals surface area contributed by atoms with Gasteiger partial charge in [-0.3, -0.25) is 14.5 Å². The molecular weight excluding hydrogens is 364 g/mol. The quantitative estimate of drug-likeness (QED) is 0.524. The Balaban J connectivity index is 1.47. The third-order valence-corrected chi connectivity index (χ3v) is 4.42. The lowest BCUT2D eigenvalue weighted by molar-refractivity contribution is 0.102. The van der Waals surface area contributed by atoms with Crippen LogP contribution in [0.5, 0.6) is 11.5 Å². The number of carbonyl (C=O) groups is 1. The smallest absolute Gasteiger partial charge is 0.257 e. The summed E-state index contributed by atoms with van der Waals surface area (Å²) < 4.78 is 7.77. The average Bonchev–Trinajstić information content (AvgIpc) is 3.17. The molecule has 1 N–H and O–H groups in total. The Morgan fingerprint density at radius 1 is 1.03 bits per heavy atom. The van der Waals surface area contributed by atoms with Gasteiger partial charge >= 0.3 is 0 Å². The van der Waals surface area contributed by atoms with Crippen molar-refractivity contribution in [3.63, 3.8) is 0 Å². The third kappa shape index (κ3) is 4.50. The maximum absolute atomic E-state index is 12.5. The molecule has 2 aromatic heterocycles. The summed E-state index contributed by atoms with van der Waals surface area (Å²) >= 11 is 0. The maximum Gasteiger partial charge on any atom is 0.257 e. The van der Waals surface area contributed by atoms with Crippen molar-refractivity contribution in [2.75, 3.05) is 5.32 Å². The number of aromatic nitrogens is 3. The Morgan fingerprint density at radius 3 is 2.66 bits per heavy atom. The number of hydrogen-bond acceptors (Lipinski definition) is 4. The van der Waals surface area contributed by atoms with Crippen molar-refractivity contribution in [2.45, 2.75) is 13.5 Å². The Morgan fingerprint density at radius 2 is 1.83 bits per heavy atom. The zero-order valence-corrected chi connectivity index (χ0v) is 15.9. The van der Waals surface area contributed by atoms with Gasteiger partial charge in [-0.25, -0.2) is 0 Å². The van der Waals surface area contributed by atoms with Crippen LogP contribution in [0.3, 0.4) is 0 Å². The summed E-state index contributed by atoms with van der Waals surface area (Å²) in [5.74, 6) is 1.84. The Bertz CT molecular complexity index is 1120. The number of carbonyl (C=O) groups excluding carboxylic acids is 1. The maximum atomic E-state index is 12.5. The van der Waals surface area contributed by atoms with Gasteiger partial charge in [-0.1, -0.05) is 36.4 Å². The number of nitrogens with zero attached hydrogens (tertiary/aromatic N) is 3. The van der Waals surface area contributed by atoms with E-state index in [-0.39, 0.29) is 5.91 Å². The number of rotatable bonds is 6. The normalized spacial score (nSPS) is 10.5. The minimum atomic E-state index is -0.206. The van der Waals surface area contributed by atoms with E-state index in [2.05, 4.69) is 15.4 Å². The predicted molar refractivity (Wildman–Crippen MR) is 111 cm³/mol. The van der Waals surface area contributed by atoms with E-state index in [4.69, 9.17) is 4.74 Å². The first kappa shape index (κ1) is 18.4. The summed E-state index contributed by atoms with van der Waals surface area (Å²) in [6, 6.07) is 21.0. The first-order chi connectivity index (χ1) is 14.2. The fraction of sp³-hybridized carbons (Fsp3) is 0.0870. The van der Waals surface area contributed by atoms with Crippen LogP contribution in [-0.4, -0.2) is 20.7 Å². The Labute approximate surface area is 168 Å². The van der Waals surface area contributed by atoms with Gasteiger partial charge in [-0.05, 0) is 36.8 Å². The molecule has 0 radical (unpaired) electrons. The molecule has 6 nitrogen and oxygen atoms in total. The summed E-state index contributed by atoms with van der Waals surface area (Å²) in [4.78, 5) is 16.5. The Kier molecular flexibility index (Phi) is 5.33. The van der Waals surface area contributed by atoms with E-state index in [1.165, 1.54) is 0 Å². The average molecular weight is 384 g/mol. The molecule has 0 atom stereocenters. The fourth-order valence-electron chi connectivity index (χ4n) is 2.95. The molecule has 29 heavy (non-hydrogen) atoms. The van der Waals surface area contributed by atoms with Crippen LogP contribution in [0.2, 0.25) is 0 Å². The second-order valence-electron chi connectivity index (χ2n) is 6.57. The molecule has 0 bridgehead atoms. The summed E-state index contributed by atoms with van der Waals surface area (Å²) in [6.45, 7) is 2.37. The number of pyridine rings is 1. The van der Waals surface area contributed by atoms with Crippen molar-refractivity contribution in [3.05, 3.63) is 102 Å². The summed E-state index contributed by atoms with van der Waals surface area (Å²) in [7, 11) is 0. The zero-order chi connectivity index (χ0) is 20.1. The highest BCUT2D eigenvalue weighted by Gasteiger charge is 2.11. The van der Waals surface area contributed by atoms with Crippen LogP contribution in [0.4, 0.5) is 5.82 Å². The number of ether oxygens (including phenoxy) is 1. The van der Waals surface area contributed by atoms with E-state index in [9.17, 15) is 4.79 Å². The van der Waals surface area contributed by atoms with Gasteiger partial charge in [-0.2, -0.15) is 5.10 Å². The van der Waals surface area contributed by atoms with Crippen LogP contribution in [0, 0.1) is 6.92 Å². The minimum Gasteiger partial charge on any atom is -0.457 e. The number of benzene rings is 2. The molecule has 0 saturated carbocycles. The highest BCUT2D eigenvalue weighted by molar-refractivity contribution is 6.04. The zero-order valence-electron chi connectivity index (χ0n) is 15.9. The lowest BCUT2D eigenvalue weighted by Crippen LogP contribution is -2.14. The molecule has 2 aromatic carbocycles. The number of anilines is 1. The van der Waals surface area contributed by atoms with Gasteiger partial charge in [-0.15, -0.1) is 0 Å². The molecule has 2 heterocycles. The molecular formula is C23H20N4O2. The second kappa shape index (κ2) is 8.39. The van der Waals surface area contributed by atoms with Crippen molar-refractivity contribution in [1.29, 1.82) is 0 Å². The minimum absolute atomic E-state index is 0.206. The van der Waals surface area contributed by atoms with Gasteiger partial charge in [0.25, 0.3) is 5.91 Å². The molecule has 0 aliphatic carbocycles. The number of aryl methyl sites for hydroxylation is 1. The topological polar surface area (TPSA) is 69.0 Å². The molecule has 1 amide bonds. The predicted octanol–water partition coefficient (Wildman–Crippen LogP) is 4.68. The van der Waals surface area contributed by atoms with Crippen LogP contribution in [0.15, 0.2) is 85.3 Å². The van der Waals surface area contributed by atoms with E-state index in [1.807, 2.05) is 67.7 Å². The fourth-order valence-corrected chi connectivity index (χ4v) is 2.95. The third-order valence-electron chi connectivity index (χ3n) is 4.42. The SMILES string of the molecule is Cc1cnccc1C(=O)Nc1ccn(Cc2ccccc2Oc2ccccc2)n1. The van der Waals surface area contributed by atoms with E-state index in [0.717, 1.165) is 22.6 Å². The number of hydrogen-bond donors (Lipinski definition) is 1. The molecule has 6 heteroatoms. The van der Waals surface area contributed by atoms with Crippen LogP contribution in [-0.2, 0) is 6.54 Å². The van der Waals surface area contributed by atoms with E-state index in [0.29, 0.717) is 17.9 Å². The van der Waals surface area contributed by atoms with Gasteiger partial charge in [0.15, 0.2) is 5.82 Å². The lowest BCUT2D eigenvalue weighted by atomic mass is 10.1.